The minimum Gasteiger partial charge on any atom is -0.398 e. The molecule has 2 rings (SSSR count). The summed E-state index contributed by atoms with van der Waals surface area (Å²) in [6.45, 7) is 1.63. The fourth-order valence-corrected chi connectivity index (χ4v) is 1.44. The number of nitrogen functional groups attached to an aromatic ring is 1. The molecular formula is C12H11FN4O. The molecule has 0 aliphatic heterocycles. The minimum atomic E-state index is -0.543. The summed E-state index contributed by atoms with van der Waals surface area (Å²) in [6.07, 6.45) is 4.13. The average Bonchev–Trinajstić information content (AvgIpc) is 2.40. The standard InChI is InChI=1S/C12H11FN4O/c1-7-9(14)3-2-8(13)11(7)17-12(18)10-6-15-4-5-16-10/h2-6H,14H2,1H3,(H,17,18). The Morgan fingerprint density at radius 3 is 2.83 bits per heavy atom. The van der Waals surface area contributed by atoms with Crippen molar-refractivity contribution in [2.24, 2.45) is 0 Å². The number of anilines is 2. The maximum absolute atomic E-state index is 13.6. The van der Waals surface area contributed by atoms with Crippen molar-refractivity contribution in [2.45, 2.75) is 6.92 Å². The molecule has 0 spiro atoms. The van der Waals surface area contributed by atoms with Crippen LogP contribution in [0.25, 0.3) is 0 Å². The lowest BCUT2D eigenvalue weighted by Gasteiger charge is -2.10. The second kappa shape index (κ2) is 4.79. The monoisotopic (exact) mass is 246 g/mol. The molecule has 18 heavy (non-hydrogen) atoms. The molecule has 1 amide bonds. The van der Waals surface area contributed by atoms with Crippen molar-refractivity contribution in [3.05, 3.63) is 47.8 Å². The summed E-state index contributed by atoms with van der Waals surface area (Å²) in [7, 11) is 0. The number of hydrogen-bond acceptors (Lipinski definition) is 4. The Morgan fingerprint density at radius 2 is 2.17 bits per heavy atom. The van der Waals surface area contributed by atoms with Crippen LogP contribution in [0.2, 0.25) is 0 Å². The SMILES string of the molecule is Cc1c(N)ccc(F)c1NC(=O)c1cnccn1. The van der Waals surface area contributed by atoms with E-state index in [9.17, 15) is 9.18 Å². The molecule has 0 saturated heterocycles. The first-order valence-electron chi connectivity index (χ1n) is 5.21. The van der Waals surface area contributed by atoms with Crippen LogP contribution in [-0.4, -0.2) is 15.9 Å². The molecule has 0 aliphatic carbocycles. The molecule has 0 saturated carbocycles. The van der Waals surface area contributed by atoms with Gasteiger partial charge in [0.15, 0.2) is 0 Å². The zero-order chi connectivity index (χ0) is 13.1. The highest BCUT2D eigenvalue weighted by atomic mass is 19.1. The molecule has 2 aromatic rings. The molecule has 0 bridgehead atoms. The van der Waals surface area contributed by atoms with Gasteiger partial charge < -0.3 is 11.1 Å². The van der Waals surface area contributed by atoms with E-state index in [-0.39, 0.29) is 11.4 Å². The van der Waals surface area contributed by atoms with Gasteiger partial charge in [0, 0.05) is 18.1 Å². The Labute approximate surface area is 103 Å². The van der Waals surface area contributed by atoms with Gasteiger partial charge in [0.25, 0.3) is 5.91 Å². The maximum atomic E-state index is 13.6. The van der Waals surface area contributed by atoms with Crippen LogP contribution < -0.4 is 11.1 Å². The van der Waals surface area contributed by atoms with Crippen LogP contribution in [0.3, 0.4) is 0 Å². The van der Waals surface area contributed by atoms with Gasteiger partial charge in [-0.1, -0.05) is 0 Å². The van der Waals surface area contributed by atoms with Gasteiger partial charge in [0.1, 0.15) is 11.5 Å². The molecule has 1 aromatic carbocycles. The van der Waals surface area contributed by atoms with Crippen LogP contribution in [0.5, 0.6) is 0 Å². The van der Waals surface area contributed by atoms with Crippen molar-refractivity contribution in [1.29, 1.82) is 0 Å². The quantitative estimate of drug-likeness (QED) is 0.791. The van der Waals surface area contributed by atoms with E-state index in [1.807, 2.05) is 0 Å². The molecule has 0 unspecified atom stereocenters. The molecule has 0 fully saturated rings. The van der Waals surface area contributed by atoms with E-state index < -0.39 is 11.7 Å². The van der Waals surface area contributed by atoms with E-state index in [4.69, 9.17) is 5.73 Å². The second-order valence-corrected chi connectivity index (χ2v) is 3.68. The summed E-state index contributed by atoms with van der Waals surface area (Å²) in [5.74, 6) is -1.07. The third kappa shape index (κ3) is 2.27. The van der Waals surface area contributed by atoms with Crippen LogP contribution in [0, 0.1) is 12.7 Å². The second-order valence-electron chi connectivity index (χ2n) is 3.68. The Hall–Kier alpha value is -2.50. The van der Waals surface area contributed by atoms with E-state index in [1.165, 1.54) is 30.7 Å². The highest BCUT2D eigenvalue weighted by molar-refractivity contribution is 6.03. The summed E-state index contributed by atoms with van der Waals surface area (Å²) >= 11 is 0. The van der Waals surface area contributed by atoms with Gasteiger partial charge in [-0.05, 0) is 24.6 Å². The van der Waals surface area contributed by atoms with Crippen molar-refractivity contribution in [1.82, 2.24) is 9.97 Å². The van der Waals surface area contributed by atoms with E-state index in [0.717, 1.165) is 0 Å². The molecule has 5 nitrogen and oxygen atoms in total. The normalized spacial score (nSPS) is 10.1. The molecule has 0 aliphatic rings. The van der Waals surface area contributed by atoms with Gasteiger partial charge in [0.2, 0.25) is 0 Å². The number of halogens is 1. The summed E-state index contributed by atoms with van der Waals surface area (Å²) < 4.78 is 13.6. The van der Waals surface area contributed by atoms with Gasteiger partial charge >= 0.3 is 0 Å². The van der Waals surface area contributed by atoms with E-state index in [0.29, 0.717) is 11.3 Å². The summed E-state index contributed by atoms with van der Waals surface area (Å²) in [6, 6.07) is 2.65. The number of amides is 1. The first-order valence-corrected chi connectivity index (χ1v) is 5.21. The zero-order valence-corrected chi connectivity index (χ0v) is 9.64. The molecule has 1 aromatic heterocycles. The van der Waals surface area contributed by atoms with Crippen LogP contribution >= 0.6 is 0 Å². The topological polar surface area (TPSA) is 80.9 Å². The predicted molar refractivity (Wildman–Crippen MR) is 65.5 cm³/mol. The Morgan fingerprint density at radius 1 is 1.39 bits per heavy atom. The number of nitrogens with one attached hydrogen (secondary N) is 1. The van der Waals surface area contributed by atoms with Gasteiger partial charge in [-0.3, -0.25) is 9.78 Å². The van der Waals surface area contributed by atoms with Crippen molar-refractivity contribution in [3.8, 4) is 0 Å². The number of rotatable bonds is 2. The lowest BCUT2D eigenvalue weighted by atomic mass is 10.1. The molecule has 0 radical (unpaired) electrons. The summed E-state index contributed by atoms with van der Waals surface area (Å²) in [5.41, 5.74) is 6.72. The highest BCUT2D eigenvalue weighted by Gasteiger charge is 2.13. The number of benzene rings is 1. The number of hydrogen-bond donors (Lipinski definition) is 2. The van der Waals surface area contributed by atoms with Crippen molar-refractivity contribution in [2.75, 3.05) is 11.1 Å². The van der Waals surface area contributed by atoms with Crippen molar-refractivity contribution < 1.29 is 9.18 Å². The number of carbonyl (C=O) groups is 1. The lowest BCUT2D eigenvalue weighted by molar-refractivity contribution is 0.102. The van der Waals surface area contributed by atoms with Crippen molar-refractivity contribution in [3.63, 3.8) is 0 Å². The predicted octanol–water partition coefficient (Wildman–Crippen LogP) is 1.76. The van der Waals surface area contributed by atoms with Gasteiger partial charge in [0.05, 0.1) is 11.9 Å². The van der Waals surface area contributed by atoms with E-state index in [1.54, 1.807) is 6.92 Å². The first kappa shape index (κ1) is 12.0. The van der Waals surface area contributed by atoms with Gasteiger partial charge in [-0.15, -0.1) is 0 Å². The number of nitrogens with zero attached hydrogens (tertiary/aromatic N) is 2. The molecule has 6 heteroatoms. The van der Waals surface area contributed by atoms with Crippen LogP contribution in [0.4, 0.5) is 15.8 Å². The van der Waals surface area contributed by atoms with Crippen LogP contribution in [0.1, 0.15) is 16.1 Å². The van der Waals surface area contributed by atoms with Crippen molar-refractivity contribution >= 4 is 17.3 Å². The Bertz CT molecular complexity index is 586. The lowest BCUT2D eigenvalue weighted by Crippen LogP contribution is -2.16. The summed E-state index contributed by atoms with van der Waals surface area (Å²) in [5, 5.41) is 2.44. The Kier molecular flexibility index (Phi) is 3.18. The molecule has 3 N–H and O–H groups in total. The molecule has 1 heterocycles. The Balaban J connectivity index is 2.30. The zero-order valence-electron chi connectivity index (χ0n) is 9.64. The smallest absolute Gasteiger partial charge is 0.275 e. The molecule has 92 valence electrons. The first-order chi connectivity index (χ1) is 8.59. The number of aromatic nitrogens is 2. The molecular weight excluding hydrogens is 235 g/mol. The fraction of sp³-hybridized carbons (Fsp3) is 0.0833. The minimum absolute atomic E-state index is 0.0608. The third-order valence-corrected chi connectivity index (χ3v) is 2.49. The number of carbonyl (C=O) groups excluding carboxylic acids is 1. The molecule has 0 atom stereocenters. The van der Waals surface area contributed by atoms with Gasteiger partial charge in [-0.2, -0.15) is 0 Å². The fourth-order valence-electron chi connectivity index (χ4n) is 1.44. The van der Waals surface area contributed by atoms with Crippen LogP contribution in [0.15, 0.2) is 30.7 Å². The maximum Gasteiger partial charge on any atom is 0.275 e. The summed E-state index contributed by atoms with van der Waals surface area (Å²) in [4.78, 5) is 19.4. The largest absolute Gasteiger partial charge is 0.398 e. The highest BCUT2D eigenvalue weighted by Crippen LogP contribution is 2.24. The third-order valence-electron chi connectivity index (χ3n) is 2.49. The van der Waals surface area contributed by atoms with E-state index >= 15 is 0 Å². The van der Waals surface area contributed by atoms with Gasteiger partial charge in [-0.25, -0.2) is 9.37 Å². The van der Waals surface area contributed by atoms with Crippen LogP contribution in [-0.2, 0) is 0 Å². The van der Waals surface area contributed by atoms with E-state index in [2.05, 4.69) is 15.3 Å². The average molecular weight is 246 g/mol. The number of nitrogens with two attached hydrogens (primary N) is 1.